The maximum atomic E-state index is 9.64. The van der Waals surface area contributed by atoms with Crippen molar-refractivity contribution in [3.8, 4) is 6.07 Å². The monoisotopic (exact) mass is 573 g/mol. The minimum Gasteiger partial charge on any atom is -0.368 e. The maximum Gasteiger partial charge on any atom is 0.226 e. The Morgan fingerprint density at radius 3 is 2.24 bits per heavy atom. The lowest BCUT2D eigenvalue weighted by molar-refractivity contribution is -0.0894. The Morgan fingerprint density at radius 1 is 0.927 bits per heavy atom. The zero-order chi connectivity index (χ0) is 28.0. The summed E-state index contributed by atoms with van der Waals surface area (Å²) >= 11 is 6.42. The number of hydrazine groups is 1. The van der Waals surface area contributed by atoms with Crippen LogP contribution in [0.1, 0.15) is 43.0 Å². The van der Waals surface area contributed by atoms with Crippen LogP contribution < -0.4 is 5.43 Å². The quantitative estimate of drug-likeness (QED) is 0.253. The highest BCUT2D eigenvalue weighted by Crippen LogP contribution is 2.38. The molecule has 0 spiro atoms. The lowest BCUT2D eigenvalue weighted by Crippen LogP contribution is -2.36. The summed E-state index contributed by atoms with van der Waals surface area (Å²) < 4.78 is 21.3. The number of imidazole rings is 1. The molecule has 4 heterocycles. The average molecular weight is 574 g/mol. The van der Waals surface area contributed by atoms with Crippen molar-refractivity contribution in [1.29, 1.82) is 5.26 Å². The van der Waals surface area contributed by atoms with Gasteiger partial charge in [-0.1, -0.05) is 67.1 Å². The lowest BCUT2D eigenvalue weighted by atomic mass is 10.1. The second-order valence-electron chi connectivity index (χ2n) is 10.3. The van der Waals surface area contributed by atoms with E-state index in [0.717, 1.165) is 37.1 Å². The number of rotatable bonds is 10. The maximum absolute atomic E-state index is 9.64. The smallest absolute Gasteiger partial charge is 0.226 e. The van der Waals surface area contributed by atoms with E-state index in [2.05, 4.69) is 31.5 Å². The normalized spacial score (nSPS) is 23.0. The predicted molar refractivity (Wildman–Crippen MR) is 154 cm³/mol. The summed E-state index contributed by atoms with van der Waals surface area (Å²) in [6.07, 6.45) is 3.02. The van der Waals surface area contributed by atoms with E-state index in [9.17, 15) is 5.26 Å². The molecule has 2 aromatic carbocycles. The molecule has 6 rings (SSSR count). The third-order valence-electron chi connectivity index (χ3n) is 7.44. The van der Waals surface area contributed by atoms with E-state index in [1.165, 1.54) is 6.42 Å². The van der Waals surface area contributed by atoms with Crippen LogP contribution in [-0.4, -0.2) is 55.9 Å². The van der Waals surface area contributed by atoms with Crippen LogP contribution in [0.5, 0.6) is 0 Å². The van der Waals surface area contributed by atoms with Gasteiger partial charge < -0.3 is 19.6 Å². The molecule has 4 aromatic rings. The van der Waals surface area contributed by atoms with Gasteiger partial charge in [-0.05, 0) is 35.6 Å². The van der Waals surface area contributed by atoms with Crippen molar-refractivity contribution in [2.75, 3.05) is 18.5 Å². The number of piperidine rings is 1. The van der Waals surface area contributed by atoms with Gasteiger partial charge >= 0.3 is 0 Å². The molecule has 10 nitrogen and oxygen atoms in total. The van der Waals surface area contributed by atoms with E-state index in [4.69, 9.17) is 25.8 Å². The number of nitrogens with zero attached hydrogens (tertiary/aromatic N) is 6. The number of nitrogens with one attached hydrogen (secondary N) is 1. The van der Waals surface area contributed by atoms with Gasteiger partial charge in [-0.2, -0.15) is 15.2 Å². The van der Waals surface area contributed by atoms with Gasteiger partial charge in [0.15, 0.2) is 23.2 Å². The van der Waals surface area contributed by atoms with Gasteiger partial charge in [0.25, 0.3) is 0 Å². The molecule has 2 fully saturated rings. The summed E-state index contributed by atoms with van der Waals surface area (Å²) in [5.41, 5.74) is 6.52. The molecule has 0 bridgehead atoms. The number of ether oxygens (including phenoxy) is 3. The molecule has 0 amide bonds. The van der Waals surface area contributed by atoms with Crippen molar-refractivity contribution in [1.82, 2.24) is 24.5 Å². The van der Waals surface area contributed by atoms with Crippen LogP contribution in [0.25, 0.3) is 11.2 Å². The third-order valence-corrected chi connectivity index (χ3v) is 7.61. The number of fused-ring (bicyclic) bond motifs is 1. The lowest BCUT2D eigenvalue weighted by Gasteiger charge is -2.27. The Morgan fingerprint density at radius 2 is 1.59 bits per heavy atom. The summed E-state index contributed by atoms with van der Waals surface area (Å²) in [6.45, 7) is 2.54. The third kappa shape index (κ3) is 6.35. The summed E-state index contributed by atoms with van der Waals surface area (Å²) in [6, 6.07) is 22.1. The number of anilines is 1. The molecule has 0 aliphatic carbocycles. The highest BCUT2D eigenvalue weighted by molar-refractivity contribution is 6.28. The minimum absolute atomic E-state index is 0.101. The van der Waals surface area contributed by atoms with Gasteiger partial charge in [0.2, 0.25) is 5.28 Å². The topological polar surface area (TPSA) is 110 Å². The van der Waals surface area contributed by atoms with E-state index >= 15 is 0 Å². The van der Waals surface area contributed by atoms with Gasteiger partial charge in [0.1, 0.15) is 18.3 Å². The molecule has 2 aliphatic heterocycles. The number of nitriles is 1. The molecule has 0 saturated carbocycles. The Balaban J connectivity index is 1.33. The van der Waals surface area contributed by atoms with E-state index in [0.29, 0.717) is 30.2 Å². The van der Waals surface area contributed by atoms with Crippen molar-refractivity contribution >= 4 is 28.6 Å². The summed E-state index contributed by atoms with van der Waals surface area (Å²) in [7, 11) is 0. The van der Waals surface area contributed by atoms with Crippen molar-refractivity contribution < 1.29 is 14.2 Å². The number of hydrogen-bond acceptors (Lipinski definition) is 9. The Labute approximate surface area is 243 Å². The molecule has 11 heteroatoms. The van der Waals surface area contributed by atoms with Crippen molar-refractivity contribution in [2.24, 2.45) is 0 Å². The first-order valence-electron chi connectivity index (χ1n) is 13.9. The Kier molecular flexibility index (Phi) is 8.70. The number of aromatic nitrogens is 4. The highest BCUT2D eigenvalue weighted by Gasteiger charge is 2.48. The van der Waals surface area contributed by atoms with Crippen LogP contribution >= 0.6 is 11.6 Å². The standard InChI is InChI=1S/C30H32ClN7O3/c31-30-34-27(36-37-16-8-3-9-17-37)24-28(35-30)38(20-33-24)29-26(40-19-22-12-6-2-7-13-22)25(23(41-29)14-15-32)39-18-21-10-4-1-5-11-21/h1-2,4-7,10-13,20,23,25-26,29H,3,8-9,14,16-19H2,(H,34,35,36)/t23-,25-,26-,29-/m1/s1. The van der Waals surface area contributed by atoms with E-state index < -0.39 is 24.5 Å². The first-order valence-corrected chi connectivity index (χ1v) is 14.3. The second kappa shape index (κ2) is 12.9. The molecule has 2 aliphatic rings. The fraction of sp³-hybridized carbons (Fsp3) is 0.400. The molecule has 1 N–H and O–H groups in total. The van der Waals surface area contributed by atoms with Crippen LogP contribution in [0.2, 0.25) is 5.28 Å². The first kappa shape index (κ1) is 27.6. The molecule has 4 atom stereocenters. The van der Waals surface area contributed by atoms with E-state index in [1.807, 2.05) is 65.2 Å². The van der Waals surface area contributed by atoms with Crippen LogP contribution in [-0.2, 0) is 27.4 Å². The molecule has 41 heavy (non-hydrogen) atoms. The number of hydrogen-bond donors (Lipinski definition) is 1. The summed E-state index contributed by atoms with van der Waals surface area (Å²) in [5, 5.41) is 11.9. The Bertz CT molecular complexity index is 1470. The van der Waals surface area contributed by atoms with Crippen LogP contribution in [0, 0.1) is 11.3 Å². The molecular weight excluding hydrogens is 542 g/mol. The molecule has 2 aromatic heterocycles. The number of halogens is 1. The Hall–Kier alpha value is -3.59. The summed E-state index contributed by atoms with van der Waals surface area (Å²) in [4.78, 5) is 13.6. The fourth-order valence-electron chi connectivity index (χ4n) is 5.41. The molecule has 212 valence electrons. The van der Waals surface area contributed by atoms with Crippen LogP contribution in [0.3, 0.4) is 0 Å². The van der Waals surface area contributed by atoms with E-state index in [1.54, 1.807) is 6.33 Å². The van der Waals surface area contributed by atoms with Gasteiger partial charge in [0.05, 0.1) is 32.0 Å². The van der Waals surface area contributed by atoms with Crippen molar-refractivity contribution in [3.63, 3.8) is 0 Å². The molecular formula is C30H32ClN7O3. The van der Waals surface area contributed by atoms with Crippen molar-refractivity contribution in [2.45, 2.75) is 63.4 Å². The number of benzene rings is 2. The minimum atomic E-state index is -0.656. The van der Waals surface area contributed by atoms with Gasteiger partial charge in [0, 0.05) is 13.1 Å². The highest BCUT2D eigenvalue weighted by atomic mass is 35.5. The largest absolute Gasteiger partial charge is 0.368 e. The molecule has 0 unspecified atom stereocenters. The zero-order valence-electron chi connectivity index (χ0n) is 22.6. The SMILES string of the molecule is N#CC[C@H]1O[C@@H](n2cnc3c(NN4CCCCC4)nc(Cl)nc32)[C@H](OCc2ccccc2)[C@@H]1OCc1ccccc1. The first-order chi connectivity index (χ1) is 20.2. The van der Waals surface area contributed by atoms with Gasteiger partial charge in [-0.3, -0.25) is 4.57 Å². The average Bonchev–Trinajstić information content (AvgIpc) is 3.57. The van der Waals surface area contributed by atoms with Crippen LogP contribution in [0.4, 0.5) is 5.82 Å². The zero-order valence-corrected chi connectivity index (χ0v) is 23.4. The predicted octanol–water partition coefficient (Wildman–Crippen LogP) is 5.27. The van der Waals surface area contributed by atoms with Crippen molar-refractivity contribution in [3.05, 3.63) is 83.4 Å². The molecule has 0 radical (unpaired) electrons. The van der Waals surface area contributed by atoms with Crippen LogP contribution in [0.15, 0.2) is 67.0 Å². The fourth-order valence-corrected chi connectivity index (χ4v) is 5.57. The summed E-state index contributed by atoms with van der Waals surface area (Å²) in [5.74, 6) is 0.547. The molecule has 2 saturated heterocycles. The van der Waals surface area contributed by atoms with Gasteiger partial charge in [-0.15, -0.1) is 0 Å². The van der Waals surface area contributed by atoms with Gasteiger partial charge in [-0.25, -0.2) is 9.99 Å². The van der Waals surface area contributed by atoms with E-state index in [-0.39, 0.29) is 11.7 Å². The second-order valence-corrected chi connectivity index (χ2v) is 10.6.